The number of carbonyl (C=O) groups excluding carboxylic acids is 1. The van der Waals surface area contributed by atoms with Crippen LogP contribution in [0.2, 0.25) is 10.0 Å². The second-order valence-electron chi connectivity index (χ2n) is 8.16. The van der Waals surface area contributed by atoms with E-state index in [0.717, 1.165) is 28.6 Å². The Labute approximate surface area is 196 Å². The van der Waals surface area contributed by atoms with Crippen LogP contribution >= 0.6 is 23.2 Å². The van der Waals surface area contributed by atoms with E-state index in [1.807, 2.05) is 30.1 Å². The molecule has 32 heavy (non-hydrogen) atoms. The van der Waals surface area contributed by atoms with Gasteiger partial charge >= 0.3 is 6.09 Å². The van der Waals surface area contributed by atoms with Crippen LogP contribution in [-0.4, -0.2) is 22.1 Å². The maximum Gasteiger partial charge on any atom is 0.416 e. The quantitative estimate of drug-likeness (QED) is 0.321. The average molecular weight is 465 g/mol. The van der Waals surface area contributed by atoms with Gasteiger partial charge in [-0.1, -0.05) is 53.0 Å². The molecule has 1 unspecified atom stereocenters. The molecule has 6 heteroatoms. The van der Waals surface area contributed by atoms with Crippen LogP contribution in [0.3, 0.4) is 0 Å². The zero-order valence-electron chi connectivity index (χ0n) is 17.8. The Bertz CT molecular complexity index is 1310. The van der Waals surface area contributed by atoms with Crippen molar-refractivity contribution in [3.8, 4) is 5.75 Å². The first-order chi connectivity index (χ1) is 15.4. The molecule has 0 bridgehead atoms. The molecule has 0 saturated heterocycles. The zero-order chi connectivity index (χ0) is 22.4. The number of carbonyl (C=O) groups is 1. The van der Waals surface area contributed by atoms with Gasteiger partial charge in [0.25, 0.3) is 0 Å². The van der Waals surface area contributed by atoms with Gasteiger partial charge < -0.3 is 9.30 Å². The highest BCUT2D eigenvalue weighted by molar-refractivity contribution is 6.31. The lowest BCUT2D eigenvalue weighted by molar-refractivity contribution is 0.134. The summed E-state index contributed by atoms with van der Waals surface area (Å²) in [5, 5.41) is 2.44. The number of hydrogen-bond acceptors (Lipinski definition) is 2. The second-order valence-corrected chi connectivity index (χ2v) is 9.04. The number of halogens is 2. The standard InChI is InChI=1S/C26H22Cl2N2O2/c1-16-3-5-17(6-4-16)24-25-21(22-15-19(28)9-12-23(22)29(25)2)13-14-30(24)26(31)32-20-10-7-18(27)8-11-20/h3-12,15,24H,13-14H2,1-2H3. The highest BCUT2D eigenvalue weighted by atomic mass is 35.5. The molecule has 5 rings (SSSR count). The largest absolute Gasteiger partial charge is 0.416 e. The zero-order valence-corrected chi connectivity index (χ0v) is 19.3. The molecule has 4 nitrogen and oxygen atoms in total. The third kappa shape index (κ3) is 3.64. The summed E-state index contributed by atoms with van der Waals surface area (Å²) in [4.78, 5) is 15.1. The summed E-state index contributed by atoms with van der Waals surface area (Å²) in [5.41, 5.74) is 5.63. The first-order valence-corrected chi connectivity index (χ1v) is 11.3. The fourth-order valence-corrected chi connectivity index (χ4v) is 4.88. The summed E-state index contributed by atoms with van der Waals surface area (Å²) < 4.78 is 7.90. The van der Waals surface area contributed by atoms with E-state index in [9.17, 15) is 4.79 Å². The fourth-order valence-electron chi connectivity index (χ4n) is 4.58. The summed E-state index contributed by atoms with van der Waals surface area (Å²) in [7, 11) is 2.05. The van der Waals surface area contributed by atoms with Crippen LogP contribution in [0.5, 0.6) is 5.75 Å². The number of hydrogen-bond donors (Lipinski definition) is 0. The number of benzene rings is 3. The van der Waals surface area contributed by atoms with Crippen molar-refractivity contribution in [3.63, 3.8) is 0 Å². The van der Waals surface area contributed by atoms with Crippen molar-refractivity contribution in [3.05, 3.63) is 99.2 Å². The smallest absolute Gasteiger partial charge is 0.410 e. The lowest BCUT2D eigenvalue weighted by atomic mass is 9.92. The number of nitrogens with zero attached hydrogens (tertiary/aromatic N) is 2. The van der Waals surface area contributed by atoms with E-state index in [1.54, 1.807) is 24.3 Å². The molecule has 4 aromatic rings. The molecule has 1 aliphatic rings. The molecule has 0 saturated carbocycles. The maximum atomic E-state index is 13.3. The number of aryl methyl sites for hydroxylation is 2. The van der Waals surface area contributed by atoms with Crippen LogP contribution in [0.25, 0.3) is 10.9 Å². The first kappa shape index (κ1) is 20.9. The molecule has 1 atom stereocenters. The van der Waals surface area contributed by atoms with Gasteiger partial charge in [-0.25, -0.2) is 4.79 Å². The SMILES string of the molecule is Cc1ccc(C2c3c(c4cc(Cl)ccc4n3C)CCN2C(=O)Oc2ccc(Cl)cc2)cc1. The lowest BCUT2D eigenvalue weighted by Gasteiger charge is -2.36. The van der Waals surface area contributed by atoms with Crippen LogP contribution in [0.1, 0.15) is 28.4 Å². The van der Waals surface area contributed by atoms with Gasteiger partial charge in [-0.2, -0.15) is 0 Å². The van der Waals surface area contributed by atoms with Gasteiger partial charge in [0.15, 0.2) is 0 Å². The van der Waals surface area contributed by atoms with E-state index < -0.39 is 0 Å². The Kier molecular flexibility index (Phi) is 5.36. The molecule has 3 aromatic carbocycles. The number of amides is 1. The van der Waals surface area contributed by atoms with Crippen molar-refractivity contribution in [2.75, 3.05) is 6.54 Å². The summed E-state index contributed by atoms with van der Waals surface area (Å²) in [5.74, 6) is 0.469. The number of aromatic nitrogens is 1. The Balaban J connectivity index is 1.62. The predicted octanol–water partition coefficient (Wildman–Crippen LogP) is 6.94. The Morgan fingerprint density at radius 3 is 2.38 bits per heavy atom. The minimum Gasteiger partial charge on any atom is -0.410 e. The van der Waals surface area contributed by atoms with Crippen LogP contribution in [0.15, 0.2) is 66.7 Å². The van der Waals surface area contributed by atoms with Gasteiger partial charge in [-0.15, -0.1) is 0 Å². The second kappa shape index (κ2) is 8.19. The normalized spacial score (nSPS) is 15.6. The molecule has 0 N–H and O–H groups in total. The molecule has 162 valence electrons. The maximum absolute atomic E-state index is 13.3. The van der Waals surface area contributed by atoms with Gasteiger partial charge in [0, 0.05) is 40.2 Å². The topological polar surface area (TPSA) is 34.5 Å². The van der Waals surface area contributed by atoms with E-state index in [-0.39, 0.29) is 12.1 Å². The molecule has 1 amide bonds. The van der Waals surface area contributed by atoms with E-state index in [2.05, 4.69) is 35.8 Å². The van der Waals surface area contributed by atoms with Crippen molar-refractivity contribution in [2.24, 2.45) is 7.05 Å². The fraction of sp³-hybridized carbons (Fsp3) is 0.192. The minimum absolute atomic E-state index is 0.268. The van der Waals surface area contributed by atoms with E-state index in [0.29, 0.717) is 22.3 Å². The molecule has 1 aromatic heterocycles. The van der Waals surface area contributed by atoms with Crippen LogP contribution in [-0.2, 0) is 13.5 Å². The van der Waals surface area contributed by atoms with Crippen molar-refractivity contribution in [2.45, 2.75) is 19.4 Å². The Hall–Kier alpha value is -2.95. The number of rotatable bonds is 2. The van der Waals surface area contributed by atoms with Gasteiger partial charge in [0.2, 0.25) is 0 Å². The predicted molar refractivity (Wildman–Crippen MR) is 129 cm³/mol. The van der Waals surface area contributed by atoms with Crippen LogP contribution in [0, 0.1) is 6.92 Å². The van der Waals surface area contributed by atoms with Crippen molar-refractivity contribution in [1.29, 1.82) is 0 Å². The van der Waals surface area contributed by atoms with E-state index >= 15 is 0 Å². The summed E-state index contributed by atoms with van der Waals surface area (Å²) >= 11 is 12.3. The van der Waals surface area contributed by atoms with Crippen molar-refractivity contribution >= 4 is 40.2 Å². The highest BCUT2D eigenvalue weighted by Crippen LogP contribution is 2.41. The van der Waals surface area contributed by atoms with Crippen molar-refractivity contribution < 1.29 is 9.53 Å². The van der Waals surface area contributed by atoms with Crippen LogP contribution in [0.4, 0.5) is 4.79 Å². The first-order valence-electron chi connectivity index (χ1n) is 10.5. The lowest BCUT2D eigenvalue weighted by Crippen LogP contribution is -2.42. The summed E-state index contributed by atoms with van der Waals surface area (Å²) in [6, 6.07) is 20.8. The van der Waals surface area contributed by atoms with E-state index in [4.69, 9.17) is 27.9 Å². The molecular weight excluding hydrogens is 443 g/mol. The summed E-state index contributed by atoms with van der Waals surface area (Å²) in [6.45, 7) is 2.60. The average Bonchev–Trinajstić information content (AvgIpc) is 3.07. The minimum atomic E-state index is -0.383. The van der Waals surface area contributed by atoms with E-state index in [1.165, 1.54) is 11.1 Å². The van der Waals surface area contributed by atoms with Crippen LogP contribution < -0.4 is 4.74 Å². The Morgan fingerprint density at radius 1 is 0.969 bits per heavy atom. The Morgan fingerprint density at radius 2 is 1.66 bits per heavy atom. The number of ether oxygens (including phenoxy) is 1. The third-order valence-corrected chi connectivity index (χ3v) is 6.62. The molecule has 0 fully saturated rings. The number of fused-ring (bicyclic) bond motifs is 3. The van der Waals surface area contributed by atoms with Gasteiger partial charge in [0.1, 0.15) is 11.8 Å². The summed E-state index contributed by atoms with van der Waals surface area (Å²) in [6.07, 6.45) is 0.345. The highest BCUT2D eigenvalue weighted by Gasteiger charge is 2.37. The molecular formula is C26H22Cl2N2O2. The van der Waals surface area contributed by atoms with Crippen molar-refractivity contribution in [1.82, 2.24) is 9.47 Å². The molecule has 0 spiro atoms. The van der Waals surface area contributed by atoms with Gasteiger partial charge in [-0.3, -0.25) is 4.90 Å². The monoisotopic (exact) mass is 464 g/mol. The van der Waals surface area contributed by atoms with Gasteiger partial charge in [-0.05, 0) is 66.9 Å². The van der Waals surface area contributed by atoms with Gasteiger partial charge in [0.05, 0.1) is 0 Å². The molecule has 0 aliphatic carbocycles. The molecule has 0 radical (unpaired) electrons. The molecule has 2 heterocycles. The molecule has 1 aliphatic heterocycles. The third-order valence-electron chi connectivity index (χ3n) is 6.14.